The van der Waals surface area contributed by atoms with Crippen LogP contribution in [0.4, 0.5) is 5.69 Å². The van der Waals surface area contributed by atoms with Crippen molar-refractivity contribution in [1.82, 2.24) is 14.9 Å². The molecule has 7 nitrogen and oxygen atoms in total. The fraction of sp³-hybridized carbons (Fsp3) is 0.440. The van der Waals surface area contributed by atoms with E-state index in [2.05, 4.69) is 29.1 Å². The van der Waals surface area contributed by atoms with Gasteiger partial charge < -0.3 is 15.0 Å². The Morgan fingerprint density at radius 3 is 2.79 bits per heavy atom. The van der Waals surface area contributed by atoms with E-state index in [1.165, 1.54) is 16.6 Å². The van der Waals surface area contributed by atoms with Gasteiger partial charge in [-0.15, -0.1) is 11.3 Å². The van der Waals surface area contributed by atoms with Gasteiger partial charge >= 0.3 is 0 Å². The fourth-order valence-electron chi connectivity index (χ4n) is 4.02. The minimum atomic E-state index is -0.209. The lowest BCUT2D eigenvalue weighted by Gasteiger charge is -2.25. The van der Waals surface area contributed by atoms with Gasteiger partial charge in [0.1, 0.15) is 16.2 Å². The molecule has 0 radical (unpaired) electrons. The van der Waals surface area contributed by atoms with Crippen molar-refractivity contribution >= 4 is 50.8 Å². The molecule has 1 aromatic carbocycles. The summed E-state index contributed by atoms with van der Waals surface area (Å²) in [4.78, 5) is 38.7. The van der Waals surface area contributed by atoms with Crippen molar-refractivity contribution in [2.24, 2.45) is 0 Å². The van der Waals surface area contributed by atoms with Crippen molar-refractivity contribution in [2.45, 2.75) is 51.7 Å². The van der Waals surface area contributed by atoms with Gasteiger partial charge in [-0.05, 0) is 63.3 Å². The lowest BCUT2D eigenvalue weighted by molar-refractivity contribution is -0.133. The van der Waals surface area contributed by atoms with E-state index in [-0.39, 0.29) is 30.2 Å². The number of fused-ring (bicyclic) bond motifs is 1. The van der Waals surface area contributed by atoms with E-state index in [1.807, 2.05) is 32.0 Å². The highest BCUT2D eigenvalue weighted by Gasteiger charge is 2.25. The molecule has 2 aromatic heterocycles. The molecule has 3 aromatic rings. The first-order valence-electron chi connectivity index (χ1n) is 11.4. The highest BCUT2D eigenvalue weighted by molar-refractivity contribution is 8.00. The monoisotopic (exact) mass is 498 g/mol. The number of ether oxygens (including phenoxy) is 1. The molecule has 1 saturated heterocycles. The van der Waals surface area contributed by atoms with Gasteiger partial charge in [-0.25, -0.2) is 9.97 Å². The third kappa shape index (κ3) is 5.59. The summed E-state index contributed by atoms with van der Waals surface area (Å²) >= 11 is 3.04. The number of hydrogen-bond donors (Lipinski definition) is 1. The van der Waals surface area contributed by atoms with Gasteiger partial charge in [-0.2, -0.15) is 0 Å². The van der Waals surface area contributed by atoms with Gasteiger partial charge in [0.2, 0.25) is 11.8 Å². The number of carbonyl (C=O) groups is 2. The second-order valence-electron chi connectivity index (χ2n) is 8.64. The molecular formula is C25H30N4O3S2. The molecule has 3 heterocycles. The van der Waals surface area contributed by atoms with E-state index < -0.39 is 0 Å². The molecule has 1 fully saturated rings. The van der Waals surface area contributed by atoms with E-state index in [0.717, 1.165) is 50.5 Å². The number of rotatable bonds is 8. The normalized spacial score (nSPS) is 15.6. The molecule has 1 N–H and O–H groups in total. The Hall–Kier alpha value is -2.49. The third-order valence-corrected chi connectivity index (χ3v) is 8.37. The Bertz CT molecular complexity index is 1200. The van der Waals surface area contributed by atoms with Gasteiger partial charge in [-0.3, -0.25) is 9.59 Å². The minimum Gasteiger partial charge on any atom is -0.376 e. The van der Waals surface area contributed by atoms with Gasteiger partial charge in [0.25, 0.3) is 0 Å². The summed E-state index contributed by atoms with van der Waals surface area (Å²) in [6.07, 6.45) is 3.39. The van der Waals surface area contributed by atoms with Gasteiger partial charge in [0.15, 0.2) is 0 Å². The van der Waals surface area contributed by atoms with E-state index in [0.29, 0.717) is 13.2 Å². The van der Waals surface area contributed by atoms with Crippen LogP contribution in [0, 0.1) is 27.7 Å². The van der Waals surface area contributed by atoms with Crippen LogP contribution < -0.4 is 5.32 Å². The molecule has 180 valence electrons. The van der Waals surface area contributed by atoms with Crippen LogP contribution in [0.2, 0.25) is 0 Å². The van der Waals surface area contributed by atoms with Crippen molar-refractivity contribution in [3.05, 3.63) is 46.1 Å². The van der Waals surface area contributed by atoms with Gasteiger partial charge in [0.05, 0.1) is 18.4 Å². The van der Waals surface area contributed by atoms with Crippen molar-refractivity contribution in [3.63, 3.8) is 0 Å². The SMILES string of the molecule is Cc1cccc(NC(=O)CN(C[C@@H]2CCCO2)C(=O)CSc2ncnc3sc(C)c(C)c23)c1C. The number of aromatic nitrogens is 2. The zero-order valence-corrected chi connectivity index (χ0v) is 21.6. The third-order valence-electron chi connectivity index (χ3n) is 6.28. The number of amides is 2. The predicted molar refractivity (Wildman–Crippen MR) is 138 cm³/mol. The van der Waals surface area contributed by atoms with Crippen molar-refractivity contribution < 1.29 is 14.3 Å². The Balaban J connectivity index is 1.46. The Labute approximate surface area is 208 Å². The first kappa shape index (κ1) is 24.6. The maximum atomic E-state index is 13.3. The van der Waals surface area contributed by atoms with Crippen LogP contribution in [0.3, 0.4) is 0 Å². The summed E-state index contributed by atoms with van der Waals surface area (Å²) in [5.41, 5.74) is 4.06. The number of anilines is 1. The molecule has 0 aliphatic carbocycles. The molecule has 0 saturated carbocycles. The van der Waals surface area contributed by atoms with Crippen LogP contribution in [0.1, 0.15) is 34.4 Å². The van der Waals surface area contributed by atoms with Crippen LogP contribution in [0.5, 0.6) is 0 Å². The smallest absolute Gasteiger partial charge is 0.244 e. The van der Waals surface area contributed by atoms with Crippen molar-refractivity contribution in [2.75, 3.05) is 30.8 Å². The number of aryl methyl sites for hydroxylation is 3. The summed E-state index contributed by atoms with van der Waals surface area (Å²) in [5, 5.41) is 4.79. The second-order valence-corrected chi connectivity index (χ2v) is 10.8. The summed E-state index contributed by atoms with van der Waals surface area (Å²) < 4.78 is 5.76. The molecule has 9 heteroatoms. The van der Waals surface area contributed by atoms with Crippen molar-refractivity contribution in [3.8, 4) is 0 Å². The van der Waals surface area contributed by atoms with Gasteiger partial charge in [-0.1, -0.05) is 23.9 Å². The molecule has 34 heavy (non-hydrogen) atoms. The predicted octanol–water partition coefficient (Wildman–Crippen LogP) is 4.66. The molecule has 1 aliphatic heterocycles. The molecule has 4 rings (SSSR count). The number of benzene rings is 1. The molecule has 1 atom stereocenters. The van der Waals surface area contributed by atoms with Crippen LogP contribution in [-0.2, 0) is 14.3 Å². The topological polar surface area (TPSA) is 84.4 Å². The molecule has 2 amide bonds. The Morgan fingerprint density at radius 1 is 1.21 bits per heavy atom. The maximum absolute atomic E-state index is 13.3. The average molecular weight is 499 g/mol. The number of nitrogens with one attached hydrogen (secondary N) is 1. The van der Waals surface area contributed by atoms with Crippen LogP contribution in [-0.4, -0.2) is 58.2 Å². The number of nitrogens with zero attached hydrogens (tertiary/aromatic N) is 3. The number of thioether (sulfide) groups is 1. The molecule has 1 aliphatic rings. The van der Waals surface area contributed by atoms with Gasteiger partial charge in [0, 0.05) is 29.1 Å². The summed E-state index contributed by atoms with van der Waals surface area (Å²) in [6, 6.07) is 5.81. The first-order chi connectivity index (χ1) is 16.3. The lowest BCUT2D eigenvalue weighted by Crippen LogP contribution is -2.43. The highest BCUT2D eigenvalue weighted by Crippen LogP contribution is 2.34. The molecular weight excluding hydrogens is 468 g/mol. The number of hydrogen-bond acceptors (Lipinski definition) is 7. The van der Waals surface area contributed by atoms with E-state index in [4.69, 9.17) is 4.74 Å². The Morgan fingerprint density at radius 2 is 2.03 bits per heavy atom. The molecule has 0 spiro atoms. The zero-order valence-electron chi connectivity index (χ0n) is 20.0. The second kappa shape index (κ2) is 10.8. The number of thiophene rings is 1. The van der Waals surface area contributed by atoms with Crippen molar-refractivity contribution in [1.29, 1.82) is 0 Å². The highest BCUT2D eigenvalue weighted by atomic mass is 32.2. The van der Waals surface area contributed by atoms with Crippen LogP contribution >= 0.6 is 23.1 Å². The summed E-state index contributed by atoms with van der Waals surface area (Å²) in [7, 11) is 0. The average Bonchev–Trinajstić information content (AvgIpc) is 3.42. The minimum absolute atomic E-state index is 0.0115. The Kier molecular flexibility index (Phi) is 7.85. The summed E-state index contributed by atoms with van der Waals surface area (Å²) in [5.74, 6) is -0.115. The fourth-order valence-corrected chi connectivity index (χ4v) is 6.04. The van der Waals surface area contributed by atoms with Crippen LogP contribution in [0.25, 0.3) is 10.2 Å². The largest absolute Gasteiger partial charge is 0.376 e. The van der Waals surface area contributed by atoms with E-state index >= 15 is 0 Å². The van der Waals surface area contributed by atoms with E-state index in [9.17, 15) is 9.59 Å². The molecule has 0 bridgehead atoms. The quantitative estimate of drug-likeness (QED) is 0.359. The number of carbonyl (C=O) groups excluding carboxylic acids is 2. The summed E-state index contributed by atoms with van der Waals surface area (Å²) in [6.45, 7) is 9.22. The maximum Gasteiger partial charge on any atom is 0.244 e. The lowest BCUT2D eigenvalue weighted by atomic mass is 10.1. The first-order valence-corrected chi connectivity index (χ1v) is 13.2. The van der Waals surface area contributed by atoms with E-state index in [1.54, 1.807) is 22.6 Å². The molecule has 0 unspecified atom stereocenters. The standard InChI is InChI=1S/C25H30N4O3S2/c1-15-7-5-9-20(16(15)2)28-21(30)12-29(11-19-8-6-10-32-19)22(31)13-33-24-23-17(3)18(4)34-25(23)27-14-26-24/h5,7,9,14,19H,6,8,10-13H2,1-4H3,(H,28,30)/t19-/m0/s1. The zero-order chi connectivity index (χ0) is 24.2. The van der Waals surface area contributed by atoms with Crippen LogP contribution in [0.15, 0.2) is 29.6 Å².